The van der Waals surface area contributed by atoms with Crippen LogP contribution in [-0.2, 0) is 19.2 Å². The summed E-state index contributed by atoms with van der Waals surface area (Å²) >= 11 is 15.8. The molecule has 4 heterocycles. The molecule has 64 heavy (non-hydrogen) atoms. The molecule has 8 nitrogen and oxygen atoms in total. The Hall–Kier alpha value is -3.24. The van der Waals surface area contributed by atoms with Crippen molar-refractivity contribution in [2.45, 2.75) is 74.5 Å². The maximum absolute atomic E-state index is 15.4. The van der Waals surface area contributed by atoms with Gasteiger partial charge in [0.1, 0.15) is 23.1 Å². The van der Waals surface area contributed by atoms with Crippen LogP contribution < -0.4 is 10.6 Å². The fourth-order valence-electron chi connectivity index (χ4n) is 11.5. The second kappa shape index (κ2) is 17.4. The highest BCUT2D eigenvalue weighted by Crippen LogP contribution is 2.75. The van der Waals surface area contributed by atoms with Gasteiger partial charge in [-0.2, -0.15) is 0 Å². The molecule has 4 aliphatic heterocycles. The van der Waals surface area contributed by atoms with Crippen molar-refractivity contribution in [1.29, 1.82) is 0 Å². The Morgan fingerprint density at radius 3 is 0.797 bits per heavy atom. The van der Waals surface area contributed by atoms with Crippen LogP contribution in [0.3, 0.4) is 0 Å². The lowest BCUT2D eigenvalue weighted by Gasteiger charge is -2.46. The lowest BCUT2D eigenvalue weighted by Crippen LogP contribution is -2.59. The van der Waals surface area contributed by atoms with Crippen LogP contribution in [0.25, 0.3) is 0 Å². The summed E-state index contributed by atoms with van der Waals surface area (Å²) in [4.78, 5) is 61.6. The van der Waals surface area contributed by atoms with Gasteiger partial charge in [0.15, 0.2) is 0 Å². The Balaban J connectivity index is 1.21. The predicted octanol–water partition coefficient (Wildman–Crippen LogP) is 12.6. The third-order valence-corrected chi connectivity index (χ3v) is 23.4. The van der Waals surface area contributed by atoms with E-state index in [2.05, 4.69) is 112 Å². The SMILES string of the molecule is O=C1[C@@H]2CCCC[C@H]2C(=O)N2[C@@H](c3ccccc3Br)P(c3ccccc3P3[C@H](c4ccccc4Br)N4C(=O)[C@@H]5CCCC[C@H]5C(=O)N4[C@H]3c3ccccc3Br)[C@H](c3ccccc3Br)N12. The zero-order valence-corrected chi connectivity index (χ0v) is 42.8. The van der Waals surface area contributed by atoms with Gasteiger partial charge < -0.3 is 0 Å². The van der Waals surface area contributed by atoms with Gasteiger partial charge in [-0.3, -0.25) is 19.2 Å². The van der Waals surface area contributed by atoms with Crippen molar-refractivity contribution in [3.8, 4) is 0 Å². The van der Waals surface area contributed by atoms with E-state index in [0.717, 1.165) is 76.4 Å². The third kappa shape index (κ3) is 6.80. The molecular weight excluding hydrogens is 1100 g/mol. The van der Waals surface area contributed by atoms with Gasteiger partial charge in [-0.1, -0.05) is 186 Å². The van der Waals surface area contributed by atoms with Crippen LogP contribution in [0, 0.1) is 23.7 Å². The molecule has 4 amide bonds. The minimum Gasteiger partial charge on any atom is -0.273 e. The van der Waals surface area contributed by atoms with E-state index in [0.29, 0.717) is 25.7 Å². The van der Waals surface area contributed by atoms with Crippen molar-refractivity contribution in [1.82, 2.24) is 20.0 Å². The van der Waals surface area contributed by atoms with Crippen LogP contribution >= 0.6 is 79.6 Å². The molecule has 6 aliphatic rings. The zero-order valence-electron chi connectivity index (χ0n) is 34.7. The molecule has 0 aromatic heterocycles. The first-order valence-electron chi connectivity index (χ1n) is 22.1. The van der Waals surface area contributed by atoms with E-state index >= 15 is 19.2 Å². The summed E-state index contributed by atoms with van der Waals surface area (Å²) in [6, 6.07) is 41.1. The fraction of sp³-hybridized carbons (Fsp3) is 0.320. The summed E-state index contributed by atoms with van der Waals surface area (Å²) in [5.74, 6) is -3.54. The minimum absolute atomic E-state index is 0.00962. The number of hydrazine groups is 2. The normalized spacial score (nSPS) is 28.3. The third-order valence-electron chi connectivity index (χ3n) is 14.3. The molecule has 2 saturated carbocycles. The van der Waals surface area contributed by atoms with E-state index in [-0.39, 0.29) is 47.3 Å². The number of benzene rings is 5. The summed E-state index contributed by atoms with van der Waals surface area (Å²) in [5.41, 5.74) is 3.77. The van der Waals surface area contributed by atoms with Crippen molar-refractivity contribution in [2.75, 3.05) is 0 Å². The summed E-state index contributed by atoms with van der Waals surface area (Å²) in [7, 11) is -3.07. The van der Waals surface area contributed by atoms with E-state index < -0.39 is 39.0 Å². The monoisotopic (exact) mass is 1140 g/mol. The predicted molar refractivity (Wildman–Crippen MR) is 265 cm³/mol. The van der Waals surface area contributed by atoms with E-state index in [1.165, 1.54) is 0 Å². The minimum atomic E-state index is -1.53. The average Bonchev–Trinajstić information content (AvgIpc) is 3.85. The number of nitrogens with zero attached hydrogens (tertiary/aromatic N) is 4. The molecule has 5 aromatic carbocycles. The molecule has 6 fully saturated rings. The highest BCUT2D eigenvalue weighted by molar-refractivity contribution is 9.11. The number of hydrogen-bond acceptors (Lipinski definition) is 4. The summed E-state index contributed by atoms with van der Waals surface area (Å²) in [6.07, 6.45) is 6.45. The van der Waals surface area contributed by atoms with Gasteiger partial charge in [-0.25, -0.2) is 20.0 Å². The van der Waals surface area contributed by atoms with Crippen molar-refractivity contribution in [3.63, 3.8) is 0 Å². The Morgan fingerprint density at radius 2 is 0.562 bits per heavy atom. The zero-order chi connectivity index (χ0) is 44.0. The fourth-order valence-corrected chi connectivity index (χ4v) is 21.7. The Bertz CT molecular complexity index is 2380. The van der Waals surface area contributed by atoms with E-state index in [9.17, 15) is 0 Å². The molecule has 5 aromatic rings. The van der Waals surface area contributed by atoms with Gasteiger partial charge in [-0.05, 0) is 98.7 Å². The second-order valence-corrected chi connectivity index (χ2v) is 25.6. The number of halogens is 4. The summed E-state index contributed by atoms with van der Waals surface area (Å²) < 4.78 is 3.48. The Morgan fingerprint density at radius 1 is 0.344 bits per heavy atom. The smallest absolute Gasteiger partial charge is 0.246 e. The highest BCUT2D eigenvalue weighted by atomic mass is 79.9. The van der Waals surface area contributed by atoms with Crippen LogP contribution in [0.1, 0.15) is 96.8 Å². The second-order valence-electron chi connectivity index (χ2n) is 17.6. The topological polar surface area (TPSA) is 81.2 Å². The van der Waals surface area contributed by atoms with Crippen molar-refractivity contribution in [3.05, 3.63) is 161 Å². The molecule has 11 rings (SSSR count). The van der Waals surface area contributed by atoms with Gasteiger partial charge in [0.05, 0.1) is 23.7 Å². The largest absolute Gasteiger partial charge is 0.273 e. The molecule has 0 unspecified atom stereocenters. The van der Waals surface area contributed by atoms with E-state index in [1.54, 1.807) is 0 Å². The maximum atomic E-state index is 15.4. The number of carbonyl (C=O) groups excluding carboxylic acids is 4. The first-order valence-corrected chi connectivity index (χ1v) is 28.3. The van der Waals surface area contributed by atoms with Crippen LogP contribution in [0.15, 0.2) is 139 Å². The standard InChI is InChI=1S/C50H44Br4N4O4P2/c51-37-23-9-5-19-33(37)47-55-43(59)29-15-1-2-16-30(29)44(60)56(55)48(34-20-6-10-24-38(34)52)63(47)41-27-13-14-28-42(41)64-49(35-21-7-11-25-39(35)53)57-45(61)31-17-3-4-18-32(31)46(62)58(57)50(64)36-22-8-12-26-40(36)54/h5-14,19-32,47-50H,1-4,15-18H2/t29-,30-,31-,32-,47-,48-,49-,50-/m1/s1. The van der Waals surface area contributed by atoms with Crippen molar-refractivity contribution >= 4 is 114 Å². The molecule has 326 valence electrons. The molecule has 4 saturated heterocycles. The van der Waals surface area contributed by atoms with Crippen LogP contribution in [0.4, 0.5) is 0 Å². The Kier molecular flexibility index (Phi) is 11.8. The number of hydrogen-bond donors (Lipinski definition) is 0. The molecule has 14 heteroatoms. The van der Waals surface area contributed by atoms with Gasteiger partial charge in [-0.15, -0.1) is 0 Å². The molecule has 0 N–H and O–H groups in total. The Labute approximate surface area is 409 Å². The van der Waals surface area contributed by atoms with Crippen molar-refractivity contribution < 1.29 is 19.2 Å². The quantitative estimate of drug-likeness (QED) is 0.159. The van der Waals surface area contributed by atoms with E-state index in [4.69, 9.17) is 0 Å². The van der Waals surface area contributed by atoms with Crippen molar-refractivity contribution in [2.24, 2.45) is 23.7 Å². The van der Waals surface area contributed by atoms with Gasteiger partial charge in [0.2, 0.25) is 23.6 Å². The molecule has 8 atom stereocenters. The number of rotatable bonds is 6. The first-order chi connectivity index (χ1) is 31.2. The molecule has 0 bridgehead atoms. The van der Waals surface area contributed by atoms with Crippen LogP contribution in [0.5, 0.6) is 0 Å². The molecule has 0 radical (unpaired) electrons. The first kappa shape index (κ1) is 43.3. The average molecular weight is 1150 g/mol. The van der Waals surface area contributed by atoms with Gasteiger partial charge >= 0.3 is 0 Å². The molecular formula is C50H44Br4N4O4P2. The van der Waals surface area contributed by atoms with Gasteiger partial charge in [0.25, 0.3) is 0 Å². The maximum Gasteiger partial charge on any atom is 0.246 e. The van der Waals surface area contributed by atoms with Crippen LogP contribution in [0.2, 0.25) is 0 Å². The summed E-state index contributed by atoms with van der Waals surface area (Å²) in [6.45, 7) is 0. The molecule has 2 aliphatic carbocycles. The molecule has 0 spiro atoms. The highest BCUT2D eigenvalue weighted by Gasteiger charge is 2.64. The van der Waals surface area contributed by atoms with E-state index in [1.807, 2.05) is 92.8 Å². The number of carbonyl (C=O) groups is 4. The lowest BCUT2D eigenvalue weighted by molar-refractivity contribution is -0.185. The summed E-state index contributed by atoms with van der Waals surface area (Å²) in [5, 5.41) is 9.57. The van der Waals surface area contributed by atoms with Gasteiger partial charge in [0, 0.05) is 17.9 Å². The number of fused-ring (bicyclic) bond motifs is 4. The van der Waals surface area contributed by atoms with Crippen LogP contribution in [-0.4, -0.2) is 43.7 Å². The lowest BCUT2D eigenvalue weighted by atomic mass is 9.76. The number of amides is 4.